The van der Waals surface area contributed by atoms with Crippen LogP contribution in [0.4, 0.5) is 11.5 Å². The Kier molecular flexibility index (Phi) is 3.99. The Bertz CT molecular complexity index is 636. The first kappa shape index (κ1) is 13.1. The second-order valence-electron chi connectivity index (χ2n) is 3.54. The standard InChI is InChI=1S/C12H8ClIN4/c1-7-16-6-8(5-15)12(17-7)18-11-3-2-9(13)4-10(11)14/h2-4,6H,1H3,(H,16,17,18). The number of aryl methyl sites for hydroxylation is 1. The molecular formula is C12H8ClIN4. The number of nitrogens with one attached hydrogen (secondary N) is 1. The molecule has 6 heteroatoms. The maximum Gasteiger partial charge on any atom is 0.152 e. The largest absolute Gasteiger partial charge is 0.338 e. The number of hydrogen-bond acceptors (Lipinski definition) is 4. The average molecular weight is 371 g/mol. The summed E-state index contributed by atoms with van der Waals surface area (Å²) in [6.45, 7) is 1.78. The molecule has 0 spiro atoms. The van der Waals surface area contributed by atoms with Gasteiger partial charge in [-0.2, -0.15) is 5.26 Å². The van der Waals surface area contributed by atoms with E-state index in [0.717, 1.165) is 9.26 Å². The predicted molar refractivity (Wildman–Crippen MR) is 78.9 cm³/mol. The number of hydrogen-bond donors (Lipinski definition) is 1. The summed E-state index contributed by atoms with van der Waals surface area (Å²) in [4.78, 5) is 8.21. The lowest BCUT2D eigenvalue weighted by molar-refractivity contribution is 1.05. The molecule has 1 aromatic carbocycles. The molecule has 0 fully saturated rings. The Morgan fingerprint density at radius 3 is 2.89 bits per heavy atom. The van der Waals surface area contributed by atoms with Crippen LogP contribution in [0.5, 0.6) is 0 Å². The van der Waals surface area contributed by atoms with E-state index in [-0.39, 0.29) is 0 Å². The highest BCUT2D eigenvalue weighted by Gasteiger charge is 2.07. The second-order valence-corrected chi connectivity index (χ2v) is 5.14. The molecule has 2 aromatic rings. The van der Waals surface area contributed by atoms with Crippen LogP contribution < -0.4 is 5.32 Å². The van der Waals surface area contributed by atoms with Crippen molar-refractivity contribution in [1.82, 2.24) is 9.97 Å². The summed E-state index contributed by atoms with van der Waals surface area (Å²) < 4.78 is 0.959. The van der Waals surface area contributed by atoms with Gasteiger partial charge in [-0.15, -0.1) is 0 Å². The van der Waals surface area contributed by atoms with Crippen molar-refractivity contribution in [2.45, 2.75) is 6.92 Å². The third kappa shape index (κ3) is 2.89. The number of anilines is 2. The van der Waals surface area contributed by atoms with Gasteiger partial charge in [-0.1, -0.05) is 11.6 Å². The molecular weight excluding hydrogens is 363 g/mol. The Morgan fingerprint density at radius 2 is 2.22 bits per heavy atom. The fourth-order valence-corrected chi connectivity index (χ4v) is 2.37. The van der Waals surface area contributed by atoms with E-state index in [2.05, 4.69) is 43.9 Å². The maximum absolute atomic E-state index is 9.01. The average Bonchev–Trinajstić information content (AvgIpc) is 2.33. The van der Waals surface area contributed by atoms with Gasteiger partial charge >= 0.3 is 0 Å². The molecule has 0 aliphatic heterocycles. The lowest BCUT2D eigenvalue weighted by Crippen LogP contribution is -2.01. The molecule has 0 bridgehead atoms. The minimum Gasteiger partial charge on any atom is -0.338 e. The fourth-order valence-electron chi connectivity index (χ4n) is 1.37. The quantitative estimate of drug-likeness (QED) is 0.820. The van der Waals surface area contributed by atoms with Crippen molar-refractivity contribution >= 4 is 45.7 Å². The molecule has 0 amide bonds. The summed E-state index contributed by atoms with van der Waals surface area (Å²) in [6.07, 6.45) is 1.51. The van der Waals surface area contributed by atoms with E-state index in [4.69, 9.17) is 16.9 Å². The van der Waals surface area contributed by atoms with Crippen LogP contribution in [-0.2, 0) is 0 Å². The van der Waals surface area contributed by atoms with Gasteiger partial charge < -0.3 is 5.32 Å². The van der Waals surface area contributed by atoms with Crippen LogP contribution in [0, 0.1) is 21.8 Å². The second kappa shape index (κ2) is 5.50. The molecule has 2 rings (SSSR count). The lowest BCUT2D eigenvalue weighted by atomic mass is 10.3. The van der Waals surface area contributed by atoms with Gasteiger partial charge in [-0.05, 0) is 47.7 Å². The van der Waals surface area contributed by atoms with E-state index >= 15 is 0 Å². The van der Waals surface area contributed by atoms with E-state index in [1.165, 1.54) is 6.20 Å². The highest BCUT2D eigenvalue weighted by atomic mass is 127. The van der Waals surface area contributed by atoms with Crippen molar-refractivity contribution < 1.29 is 0 Å². The van der Waals surface area contributed by atoms with Gasteiger partial charge in [0.1, 0.15) is 17.5 Å². The number of aromatic nitrogens is 2. The zero-order valence-corrected chi connectivity index (χ0v) is 12.3. The lowest BCUT2D eigenvalue weighted by Gasteiger charge is -2.09. The first-order chi connectivity index (χ1) is 8.60. The number of halogens is 2. The van der Waals surface area contributed by atoms with Gasteiger partial charge in [-0.3, -0.25) is 0 Å². The topological polar surface area (TPSA) is 61.6 Å². The van der Waals surface area contributed by atoms with Gasteiger partial charge in [0.2, 0.25) is 0 Å². The van der Waals surface area contributed by atoms with Crippen molar-refractivity contribution in [1.29, 1.82) is 5.26 Å². The van der Waals surface area contributed by atoms with Crippen LogP contribution in [0.1, 0.15) is 11.4 Å². The summed E-state index contributed by atoms with van der Waals surface area (Å²) in [5.74, 6) is 1.12. The predicted octanol–water partition coefficient (Wildman–Crippen LogP) is 3.66. The van der Waals surface area contributed by atoms with Crippen molar-refractivity contribution in [2.75, 3.05) is 5.32 Å². The molecule has 1 aromatic heterocycles. The molecule has 0 aliphatic rings. The van der Waals surface area contributed by atoms with E-state index in [9.17, 15) is 0 Å². The van der Waals surface area contributed by atoms with E-state index in [0.29, 0.717) is 22.2 Å². The normalized spacial score (nSPS) is 9.89. The SMILES string of the molecule is Cc1ncc(C#N)c(Nc2ccc(Cl)cc2I)n1. The molecule has 0 saturated carbocycles. The van der Waals surface area contributed by atoms with Gasteiger partial charge in [-0.25, -0.2) is 9.97 Å². The van der Waals surface area contributed by atoms with Crippen molar-refractivity contribution in [3.63, 3.8) is 0 Å². The van der Waals surface area contributed by atoms with Gasteiger partial charge in [0, 0.05) is 8.59 Å². The third-order valence-electron chi connectivity index (χ3n) is 2.21. The molecule has 4 nitrogen and oxygen atoms in total. The van der Waals surface area contributed by atoms with Crippen molar-refractivity contribution in [3.05, 3.63) is 44.4 Å². The zero-order chi connectivity index (χ0) is 13.1. The summed E-state index contributed by atoms with van der Waals surface area (Å²) in [5, 5.41) is 12.8. The fraction of sp³-hybridized carbons (Fsp3) is 0.0833. The number of nitriles is 1. The van der Waals surface area contributed by atoms with E-state index < -0.39 is 0 Å². The molecule has 1 N–H and O–H groups in total. The van der Waals surface area contributed by atoms with Crippen LogP contribution in [0.15, 0.2) is 24.4 Å². The molecule has 0 atom stereocenters. The third-order valence-corrected chi connectivity index (χ3v) is 3.34. The number of benzene rings is 1. The molecule has 90 valence electrons. The van der Waals surface area contributed by atoms with Crippen LogP contribution in [0.2, 0.25) is 5.02 Å². The van der Waals surface area contributed by atoms with Gasteiger partial charge in [0.15, 0.2) is 5.82 Å². The molecule has 1 heterocycles. The summed E-state index contributed by atoms with van der Waals surface area (Å²) >= 11 is 8.07. The smallest absolute Gasteiger partial charge is 0.152 e. The summed E-state index contributed by atoms with van der Waals surface area (Å²) in [6, 6.07) is 7.53. The highest BCUT2D eigenvalue weighted by molar-refractivity contribution is 14.1. The highest BCUT2D eigenvalue weighted by Crippen LogP contribution is 2.25. The monoisotopic (exact) mass is 370 g/mol. The van der Waals surface area contributed by atoms with Crippen molar-refractivity contribution in [3.8, 4) is 6.07 Å². The van der Waals surface area contributed by atoms with Crippen LogP contribution in [0.3, 0.4) is 0 Å². The summed E-state index contributed by atoms with van der Waals surface area (Å²) in [7, 11) is 0. The Morgan fingerprint density at radius 1 is 1.44 bits per heavy atom. The molecule has 18 heavy (non-hydrogen) atoms. The first-order valence-corrected chi connectivity index (χ1v) is 6.51. The Balaban J connectivity index is 2.40. The van der Waals surface area contributed by atoms with E-state index in [1.807, 2.05) is 12.1 Å². The van der Waals surface area contributed by atoms with E-state index in [1.54, 1.807) is 13.0 Å². The zero-order valence-electron chi connectivity index (χ0n) is 9.41. The van der Waals surface area contributed by atoms with Crippen LogP contribution in [0.25, 0.3) is 0 Å². The first-order valence-electron chi connectivity index (χ1n) is 5.06. The maximum atomic E-state index is 9.01. The molecule has 0 aliphatic carbocycles. The van der Waals surface area contributed by atoms with Crippen molar-refractivity contribution in [2.24, 2.45) is 0 Å². The number of rotatable bonds is 2. The van der Waals surface area contributed by atoms with Crippen LogP contribution >= 0.6 is 34.2 Å². The Labute approximate surface area is 123 Å². The minimum atomic E-state index is 0.409. The summed E-state index contributed by atoms with van der Waals surface area (Å²) in [5.41, 5.74) is 1.26. The van der Waals surface area contributed by atoms with Gasteiger partial charge in [0.05, 0.1) is 11.9 Å². The van der Waals surface area contributed by atoms with Crippen LogP contribution in [-0.4, -0.2) is 9.97 Å². The molecule has 0 saturated heterocycles. The Hall–Kier alpha value is -1.39. The molecule has 0 radical (unpaired) electrons. The minimum absolute atomic E-state index is 0.409. The molecule has 0 unspecified atom stereocenters. The van der Waals surface area contributed by atoms with Gasteiger partial charge in [0.25, 0.3) is 0 Å². The number of nitrogens with zero attached hydrogens (tertiary/aromatic N) is 3.